The van der Waals surface area contributed by atoms with Crippen LogP contribution in [0.4, 0.5) is 0 Å². The van der Waals surface area contributed by atoms with E-state index in [4.69, 9.17) is 4.74 Å². The Morgan fingerprint density at radius 1 is 1.23 bits per heavy atom. The lowest BCUT2D eigenvalue weighted by molar-refractivity contribution is 0.0403. The molecule has 1 aliphatic rings. The summed E-state index contributed by atoms with van der Waals surface area (Å²) >= 11 is 0. The number of guanidine groups is 1. The van der Waals surface area contributed by atoms with Crippen molar-refractivity contribution in [3.63, 3.8) is 0 Å². The number of rotatable bonds is 7. The van der Waals surface area contributed by atoms with Crippen LogP contribution in [0.1, 0.15) is 50.3 Å². The van der Waals surface area contributed by atoms with Gasteiger partial charge in [-0.1, -0.05) is 24.3 Å². The van der Waals surface area contributed by atoms with E-state index >= 15 is 0 Å². The average molecular weight is 303 g/mol. The summed E-state index contributed by atoms with van der Waals surface area (Å²) in [5, 5.41) is 6.47. The molecule has 2 N–H and O–H groups in total. The molecule has 4 heteroatoms. The molecule has 0 spiro atoms. The lowest BCUT2D eigenvalue weighted by Gasteiger charge is -2.25. The molecule has 1 aliphatic carbocycles. The number of hydrogen-bond acceptors (Lipinski definition) is 2. The molecular weight excluding hydrogens is 274 g/mol. The van der Waals surface area contributed by atoms with Crippen LogP contribution < -0.4 is 10.6 Å². The van der Waals surface area contributed by atoms with Crippen LogP contribution in [0.15, 0.2) is 29.3 Å². The van der Waals surface area contributed by atoms with E-state index in [1.54, 1.807) is 0 Å². The SMILES string of the molecule is CCNC(=NCCCOC1CCCc2ccccc21)NCC. The molecular formula is C18H29N3O. The van der Waals surface area contributed by atoms with Gasteiger partial charge in [0.15, 0.2) is 5.96 Å². The van der Waals surface area contributed by atoms with Crippen LogP contribution in [0.2, 0.25) is 0 Å². The number of aryl methyl sites for hydroxylation is 1. The van der Waals surface area contributed by atoms with Crippen molar-refractivity contribution < 1.29 is 4.74 Å². The summed E-state index contributed by atoms with van der Waals surface area (Å²) in [6.45, 7) is 7.51. The van der Waals surface area contributed by atoms with Gasteiger partial charge in [0.1, 0.15) is 0 Å². The van der Waals surface area contributed by atoms with E-state index in [9.17, 15) is 0 Å². The second-order valence-corrected chi connectivity index (χ2v) is 5.60. The third-order valence-corrected chi connectivity index (χ3v) is 3.89. The summed E-state index contributed by atoms with van der Waals surface area (Å²) in [6, 6.07) is 8.68. The number of benzene rings is 1. The zero-order chi connectivity index (χ0) is 15.6. The maximum atomic E-state index is 6.10. The van der Waals surface area contributed by atoms with Gasteiger partial charge in [0, 0.05) is 26.2 Å². The molecule has 0 heterocycles. The van der Waals surface area contributed by atoms with Crippen LogP contribution in [-0.2, 0) is 11.2 Å². The highest BCUT2D eigenvalue weighted by atomic mass is 16.5. The van der Waals surface area contributed by atoms with Gasteiger partial charge in [-0.25, -0.2) is 0 Å². The fourth-order valence-corrected chi connectivity index (χ4v) is 2.87. The Hall–Kier alpha value is -1.55. The number of nitrogens with zero attached hydrogens (tertiary/aromatic N) is 1. The molecule has 0 saturated carbocycles. The monoisotopic (exact) mass is 303 g/mol. The molecule has 0 aromatic heterocycles. The smallest absolute Gasteiger partial charge is 0.191 e. The van der Waals surface area contributed by atoms with E-state index in [2.05, 4.69) is 53.7 Å². The molecule has 1 aromatic rings. The fourth-order valence-electron chi connectivity index (χ4n) is 2.87. The van der Waals surface area contributed by atoms with Crippen molar-refractivity contribution in [2.45, 2.75) is 45.6 Å². The third-order valence-electron chi connectivity index (χ3n) is 3.89. The highest BCUT2D eigenvalue weighted by Crippen LogP contribution is 2.32. The van der Waals surface area contributed by atoms with Crippen LogP contribution in [0.3, 0.4) is 0 Å². The van der Waals surface area contributed by atoms with Crippen LogP contribution in [-0.4, -0.2) is 32.2 Å². The summed E-state index contributed by atoms with van der Waals surface area (Å²) in [6.07, 6.45) is 4.79. The topological polar surface area (TPSA) is 45.7 Å². The second kappa shape index (κ2) is 9.46. The Morgan fingerprint density at radius 3 is 2.77 bits per heavy atom. The second-order valence-electron chi connectivity index (χ2n) is 5.60. The molecule has 0 radical (unpaired) electrons. The van der Waals surface area contributed by atoms with Crippen LogP contribution >= 0.6 is 0 Å². The van der Waals surface area contributed by atoms with Gasteiger partial charge >= 0.3 is 0 Å². The van der Waals surface area contributed by atoms with E-state index < -0.39 is 0 Å². The van der Waals surface area contributed by atoms with E-state index in [1.165, 1.54) is 24.0 Å². The van der Waals surface area contributed by atoms with Crippen molar-refractivity contribution >= 4 is 5.96 Å². The number of nitrogens with one attached hydrogen (secondary N) is 2. The molecule has 122 valence electrons. The van der Waals surface area contributed by atoms with Crippen molar-refractivity contribution in [1.82, 2.24) is 10.6 Å². The van der Waals surface area contributed by atoms with Gasteiger partial charge in [0.25, 0.3) is 0 Å². The number of hydrogen-bond donors (Lipinski definition) is 2. The van der Waals surface area contributed by atoms with Gasteiger partial charge in [0.05, 0.1) is 6.10 Å². The molecule has 1 aromatic carbocycles. The molecule has 0 aliphatic heterocycles. The lowest BCUT2D eigenvalue weighted by Crippen LogP contribution is -2.37. The van der Waals surface area contributed by atoms with Crippen molar-refractivity contribution in [3.8, 4) is 0 Å². The van der Waals surface area contributed by atoms with E-state index in [-0.39, 0.29) is 6.10 Å². The van der Waals surface area contributed by atoms with Crippen molar-refractivity contribution in [1.29, 1.82) is 0 Å². The minimum absolute atomic E-state index is 0.274. The van der Waals surface area contributed by atoms with E-state index in [0.717, 1.165) is 45.0 Å². The number of ether oxygens (including phenoxy) is 1. The normalized spacial score (nSPS) is 16.7. The van der Waals surface area contributed by atoms with Gasteiger partial charge in [-0.15, -0.1) is 0 Å². The zero-order valence-corrected chi connectivity index (χ0v) is 13.9. The highest BCUT2D eigenvalue weighted by Gasteiger charge is 2.19. The first-order valence-corrected chi connectivity index (χ1v) is 8.56. The van der Waals surface area contributed by atoms with E-state index in [0.29, 0.717) is 0 Å². The first-order valence-electron chi connectivity index (χ1n) is 8.56. The van der Waals surface area contributed by atoms with E-state index in [1.807, 2.05) is 0 Å². The molecule has 4 nitrogen and oxygen atoms in total. The van der Waals surface area contributed by atoms with Gasteiger partial charge in [-0.3, -0.25) is 4.99 Å². The Kier molecular flexibility index (Phi) is 7.23. The maximum absolute atomic E-state index is 6.10. The minimum Gasteiger partial charge on any atom is -0.373 e. The van der Waals surface area contributed by atoms with Crippen LogP contribution in [0.25, 0.3) is 0 Å². The predicted octanol–water partition coefficient (Wildman–Crippen LogP) is 3.05. The Bertz CT molecular complexity index is 465. The third kappa shape index (κ3) is 5.02. The quantitative estimate of drug-likeness (QED) is 0.462. The molecule has 0 saturated heterocycles. The first kappa shape index (κ1) is 16.8. The molecule has 1 atom stereocenters. The summed E-state index contributed by atoms with van der Waals surface area (Å²) in [5.41, 5.74) is 2.84. The number of aliphatic imine (C=N–C) groups is 1. The molecule has 0 fully saturated rings. The molecule has 0 bridgehead atoms. The van der Waals surface area contributed by atoms with Gasteiger partial charge < -0.3 is 15.4 Å². The van der Waals surface area contributed by atoms with Crippen molar-refractivity contribution in [2.24, 2.45) is 4.99 Å². The molecule has 0 amide bonds. The molecule has 1 unspecified atom stereocenters. The Balaban J connectivity index is 1.74. The Labute approximate surface area is 134 Å². The predicted molar refractivity (Wildman–Crippen MR) is 92.3 cm³/mol. The summed E-state index contributed by atoms with van der Waals surface area (Å²) < 4.78 is 6.10. The van der Waals surface area contributed by atoms with Gasteiger partial charge in [0.2, 0.25) is 0 Å². The molecule has 2 rings (SSSR count). The average Bonchev–Trinajstić information content (AvgIpc) is 2.55. The Morgan fingerprint density at radius 2 is 2.00 bits per heavy atom. The van der Waals surface area contributed by atoms with Crippen molar-refractivity contribution in [3.05, 3.63) is 35.4 Å². The fraction of sp³-hybridized carbons (Fsp3) is 0.611. The zero-order valence-electron chi connectivity index (χ0n) is 13.9. The summed E-state index contributed by atoms with van der Waals surface area (Å²) in [7, 11) is 0. The minimum atomic E-state index is 0.274. The van der Waals surface area contributed by atoms with Crippen LogP contribution in [0, 0.1) is 0 Å². The maximum Gasteiger partial charge on any atom is 0.191 e. The lowest BCUT2D eigenvalue weighted by atomic mass is 9.89. The summed E-state index contributed by atoms with van der Waals surface area (Å²) in [5.74, 6) is 0.896. The largest absolute Gasteiger partial charge is 0.373 e. The van der Waals surface area contributed by atoms with Crippen molar-refractivity contribution in [2.75, 3.05) is 26.2 Å². The van der Waals surface area contributed by atoms with Gasteiger partial charge in [-0.05, 0) is 50.7 Å². The first-order chi connectivity index (χ1) is 10.8. The summed E-state index contributed by atoms with van der Waals surface area (Å²) in [4.78, 5) is 4.54. The standard InChI is InChI=1S/C18H29N3O/c1-3-19-18(20-4-2)21-13-8-14-22-17-12-7-10-15-9-5-6-11-16(15)17/h5-6,9,11,17H,3-4,7-8,10,12-14H2,1-2H3,(H2,19,20,21). The van der Waals surface area contributed by atoms with Crippen LogP contribution in [0.5, 0.6) is 0 Å². The van der Waals surface area contributed by atoms with Gasteiger partial charge in [-0.2, -0.15) is 0 Å². The molecule has 22 heavy (non-hydrogen) atoms. The number of fused-ring (bicyclic) bond motifs is 1. The highest BCUT2D eigenvalue weighted by molar-refractivity contribution is 5.79.